The van der Waals surface area contributed by atoms with Gasteiger partial charge in [0.1, 0.15) is 6.04 Å². The lowest BCUT2D eigenvalue weighted by molar-refractivity contribution is -0.154. The predicted octanol–water partition coefficient (Wildman–Crippen LogP) is 3.32. The average molecular weight is 517 g/mol. The number of hydrogen-bond donors (Lipinski definition) is 1. The van der Waals surface area contributed by atoms with Gasteiger partial charge in [0.25, 0.3) is 0 Å². The molecule has 2 amide bonds. The van der Waals surface area contributed by atoms with Gasteiger partial charge in [0.2, 0.25) is 11.8 Å². The van der Waals surface area contributed by atoms with Crippen molar-refractivity contribution < 1.29 is 24.2 Å². The molecule has 4 heterocycles. The van der Waals surface area contributed by atoms with Crippen molar-refractivity contribution in [3.8, 4) is 0 Å². The Morgan fingerprint density at radius 2 is 1.86 bits per heavy atom. The predicted molar refractivity (Wildman–Crippen MR) is 139 cm³/mol. The van der Waals surface area contributed by atoms with E-state index in [9.17, 15) is 19.5 Å². The number of amides is 2. The van der Waals surface area contributed by atoms with E-state index in [0.717, 1.165) is 44.9 Å². The van der Waals surface area contributed by atoms with Crippen LogP contribution in [0.1, 0.15) is 65.2 Å². The van der Waals surface area contributed by atoms with E-state index in [2.05, 4.69) is 24.3 Å². The number of rotatable bonds is 4. The van der Waals surface area contributed by atoms with Crippen molar-refractivity contribution >= 4 is 29.5 Å². The molecule has 5 rings (SSSR count). The maximum Gasteiger partial charge on any atom is 0.311 e. The molecule has 6 atom stereocenters. The molecule has 4 aliphatic heterocycles. The second kappa shape index (κ2) is 10.5. The molecular weight excluding hydrogens is 476 g/mol. The quantitative estimate of drug-likeness (QED) is 0.456. The molecule has 2 saturated heterocycles. The van der Waals surface area contributed by atoms with E-state index in [1.807, 2.05) is 18.7 Å². The summed E-state index contributed by atoms with van der Waals surface area (Å²) in [4.78, 5) is 45.8. The van der Waals surface area contributed by atoms with E-state index < -0.39 is 28.7 Å². The van der Waals surface area contributed by atoms with Crippen molar-refractivity contribution in [2.24, 2.45) is 17.8 Å². The van der Waals surface area contributed by atoms with Gasteiger partial charge in [-0.15, -0.1) is 11.8 Å². The number of aliphatic hydroxyl groups is 1. The van der Waals surface area contributed by atoms with Crippen LogP contribution in [0.5, 0.6) is 0 Å². The summed E-state index contributed by atoms with van der Waals surface area (Å²) in [7, 11) is 0. The number of carbonyl (C=O) groups is 3. The number of ether oxygens (including phenoxy) is 1. The number of thioether (sulfide) groups is 1. The molecule has 5 aliphatic rings. The molecule has 8 heteroatoms. The van der Waals surface area contributed by atoms with E-state index in [4.69, 9.17) is 4.74 Å². The zero-order valence-corrected chi connectivity index (χ0v) is 22.3. The van der Waals surface area contributed by atoms with Gasteiger partial charge in [0.15, 0.2) is 0 Å². The van der Waals surface area contributed by atoms with Gasteiger partial charge in [-0.3, -0.25) is 14.4 Å². The van der Waals surface area contributed by atoms with E-state index in [0.29, 0.717) is 13.2 Å². The molecule has 3 fully saturated rings. The third kappa shape index (κ3) is 4.22. The summed E-state index contributed by atoms with van der Waals surface area (Å²) in [6, 6.07) is -1.05. The van der Waals surface area contributed by atoms with Gasteiger partial charge < -0.3 is 19.6 Å². The minimum absolute atomic E-state index is 0.0320. The van der Waals surface area contributed by atoms with Crippen LogP contribution in [-0.4, -0.2) is 80.6 Å². The van der Waals surface area contributed by atoms with Crippen LogP contribution in [0.3, 0.4) is 0 Å². The van der Waals surface area contributed by atoms with Crippen LogP contribution >= 0.6 is 11.8 Å². The number of likely N-dealkylation sites (tertiary alicyclic amines) is 1. The first-order chi connectivity index (χ1) is 17.4. The Kier molecular flexibility index (Phi) is 7.55. The molecule has 36 heavy (non-hydrogen) atoms. The van der Waals surface area contributed by atoms with E-state index in [-0.39, 0.29) is 41.6 Å². The number of aliphatic hydroxyl groups excluding tert-OH is 1. The summed E-state index contributed by atoms with van der Waals surface area (Å²) in [6.07, 6.45) is 16.4. The van der Waals surface area contributed by atoms with Crippen LogP contribution in [0.4, 0.5) is 0 Å². The lowest BCUT2D eigenvalue weighted by atomic mass is 9.78. The van der Waals surface area contributed by atoms with Gasteiger partial charge in [0.05, 0.1) is 35.8 Å². The highest BCUT2D eigenvalue weighted by molar-refractivity contribution is 8.02. The Labute approximate surface area is 218 Å². The third-order valence-electron chi connectivity index (χ3n) is 8.90. The van der Waals surface area contributed by atoms with Crippen LogP contribution in [0.15, 0.2) is 24.3 Å². The highest BCUT2D eigenvalue weighted by Crippen LogP contribution is 2.61. The van der Waals surface area contributed by atoms with Crippen molar-refractivity contribution in [1.82, 2.24) is 9.80 Å². The highest BCUT2D eigenvalue weighted by atomic mass is 32.2. The molecule has 7 nitrogen and oxygen atoms in total. The topological polar surface area (TPSA) is 87.2 Å². The Morgan fingerprint density at radius 1 is 1.08 bits per heavy atom. The number of carbonyl (C=O) groups excluding carboxylic acids is 3. The Hall–Kier alpha value is -1.80. The van der Waals surface area contributed by atoms with Gasteiger partial charge in [-0.2, -0.15) is 0 Å². The first kappa shape index (κ1) is 25.8. The fourth-order valence-corrected chi connectivity index (χ4v) is 9.06. The summed E-state index contributed by atoms with van der Waals surface area (Å²) < 4.78 is 4.83. The van der Waals surface area contributed by atoms with E-state index >= 15 is 0 Å². The fraction of sp³-hybridized carbons (Fsp3) is 0.750. The van der Waals surface area contributed by atoms with Crippen LogP contribution in [0.25, 0.3) is 0 Å². The Balaban J connectivity index is 1.61. The maximum absolute atomic E-state index is 14.5. The smallest absolute Gasteiger partial charge is 0.311 e. The van der Waals surface area contributed by atoms with Crippen LogP contribution in [-0.2, 0) is 19.1 Å². The minimum Gasteiger partial charge on any atom is -0.465 e. The van der Waals surface area contributed by atoms with Crippen LogP contribution < -0.4 is 0 Å². The molecule has 1 spiro atoms. The molecule has 0 aromatic rings. The lowest BCUT2D eigenvalue weighted by Crippen LogP contribution is -2.59. The number of cyclic esters (lactones) is 1. The Bertz CT molecular complexity index is 929. The number of hydrogen-bond acceptors (Lipinski definition) is 6. The van der Waals surface area contributed by atoms with Crippen molar-refractivity contribution in [1.29, 1.82) is 0 Å². The van der Waals surface area contributed by atoms with Gasteiger partial charge in [-0.05, 0) is 38.0 Å². The second-order valence-corrected chi connectivity index (χ2v) is 12.8. The molecule has 1 unspecified atom stereocenters. The molecule has 1 N–H and O–H groups in total. The molecular formula is C28H40N2O5S. The summed E-state index contributed by atoms with van der Waals surface area (Å²) in [5.41, 5.74) is 0. The minimum atomic E-state index is -0.855. The molecule has 0 aromatic heterocycles. The number of esters is 1. The molecule has 0 aromatic carbocycles. The van der Waals surface area contributed by atoms with Crippen LogP contribution in [0.2, 0.25) is 0 Å². The molecule has 0 bridgehead atoms. The van der Waals surface area contributed by atoms with E-state index in [1.165, 1.54) is 6.42 Å². The lowest BCUT2D eigenvalue weighted by Gasteiger charge is -2.42. The van der Waals surface area contributed by atoms with Gasteiger partial charge >= 0.3 is 5.97 Å². The largest absolute Gasteiger partial charge is 0.465 e. The second-order valence-electron chi connectivity index (χ2n) is 11.4. The molecule has 198 valence electrons. The monoisotopic (exact) mass is 516 g/mol. The summed E-state index contributed by atoms with van der Waals surface area (Å²) in [6.45, 7) is 4.62. The standard InChI is InChI=1S/C28H40N2O5S/c1-18(2)20(17-31)30-24-26(33)29(19-11-6-5-7-12-19)15-10-14-28(24)23(25(30)32)22-21(36-28)13-8-3-4-9-16-35-27(22)34/h8,10,13-14,18-24,31H,3-7,9,11-12,15-17H2,1-2H3/b13-8-/t20-,21-,22+,23-,24?,28-/m0/s1. The normalized spacial score (nSPS) is 37.3. The molecule has 0 radical (unpaired) electrons. The maximum atomic E-state index is 14.5. The average Bonchev–Trinajstić information content (AvgIpc) is 3.25. The number of nitrogens with zero attached hydrogens (tertiary/aromatic N) is 2. The van der Waals surface area contributed by atoms with Gasteiger partial charge in [0, 0.05) is 17.8 Å². The van der Waals surface area contributed by atoms with Gasteiger partial charge in [-0.25, -0.2) is 0 Å². The number of allylic oxidation sites excluding steroid dienone is 1. The molecule has 1 aliphatic carbocycles. The molecule has 1 saturated carbocycles. The van der Waals surface area contributed by atoms with Crippen molar-refractivity contribution in [3.63, 3.8) is 0 Å². The zero-order chi connectivity index (χ0) is 25.4. The first-order valence-electron chi connectivity index (χ1n) is 13.8. The fourth-order valence-electron chi connectivity index (χ4n) is 7.07. The summed E-state index contributed by atoms with van der Waals surface area (Å²) in [5.74, 6) is -1.93. The first-order valence-corrected chi connectivity index (χ1v) is 14.7. The third-order valence-corrected chi connectivity index (χ3v) is 10.6. The highest BCUT2D eigenvalue weighted by Gasteiger charge is 2.72. The van der Waals surface area contributed by atoms with Crippen LogP contribution in [0, 0.1) is 17.8 Å². The van der Waals surface area contributed by atoms with Crippen molar-refractivity contribution in [2.45, 2.75) is 93.3 Å². The van der Waals surface area contributed by atoms with Gasteiger partial charge in [-0.1, -0.05) is 57.4 Å². The van der Waals surface area contributed by atoms with Crippen molar-refractivity contribution in [3.05, 3.63) is 24.3 Å². The summed E-state index contributed by atoms with van der Waals surface area (Å²) in [5, 5.41) is 10.2. The number of fused-ring (bicyclic) bond motifs is 2. The Morgan fingerprint density at radius 3 is 2.58 bits per heavy atom. The zero-order valence-electron chi connectivity index (χ0n) is 21.5. The van der Waals surface area contributed by atoms with E-state index in [1.54, 1.807) is 16.7 Å². The summed E-state index contributed by atoms with van der Waals surface area (Å²) >= 11 is 1.59. The van der Waals surface area contributed by atoms with Crippen molar-refractivity contribution in [2.75, 3.05) is 19.8 Å². The SMILES string of the molecule is CC(C)[C@H](CO)N1C(=O)[C@@H]2[C@@H]3C(=O)OCCCC/C=C\[C@@H]3S[C@@]23C=CCN(C2CCCCC2)C(=O)C13.